The van der Waals surface area contributed by atoms with Crippen molar-refractivity contribution in [3.05, 3.63) is 11.6 Å². The number of epoxide rings is 1. The molecule has 0 aromatic rings. The molecule has 0 N–H and O–H groups in total. The maximum Gasteiger partial charge on any atom is 0.333 e. The molecule has 0 bridgehead atoms. The fraction of sp³-hybridized carbons (Fsp3) is 0.727. The standard InChI is InChI=1S/C11H19NO3/c1-9(5-4-6-12(2)3)11(13)15-8-10-7-14-10/h5,10H,4,6-8H2,1-3H3. The van der Waals surface area contributed by atoms with Gasteiger partial charge in [0.15, 0.2) is 0 Å². The molecule has 0 aromatic carbocycles. The summed E-state index contributed by atoms with van der Waals surface area (Å²) in [4.78, 5) is 13.5. The molecule has 1 heterocycles. The van der Waals surface area contributed by atoms with Gasteiger partial charge in [-0.25, -0.2) is 4.79 Å². The molecule has 0 spiro atoms. The van der Waals surface area contributed by atoms with Gasteiger partial charge in [0.05, 0.1) is 6.61 Å². The first-order chi connectivity index (χ1) is 7.09. The van der Waals surface area contributed by atoms with E-state index in [-0.39, 0.29) is 12.1 Å². The Balaban J connectivity index is 2.17. The first-order valence-corrected chi connectivity index (χ1v) is 5.20. The summed E-state index contributed by atoms with van der Waals surface area (Å²) in [6.07, 6.45) is 2.92. The number of hydrogen-bond acceptors (Lipinski definition) is 4. The predicted molar refractivity (Wildman–Crippen MR) is 57.6 cm³/mol. The van der Waals surface area contributed by atoms with Crippen LogP contribution in [-0.2, 0) is 14.3 Å². The van der Waals surface area contributed by atoms with E-state index in [0.717, 1.165) is 19.6 Å². The largest absolute Gasteiger partial charge is 0.459 e. The van der Waals surface area contributed by atoms with Gasteiger partial charge in [-0.05, 0) is 27.4 Å². The molecule has 0 aliphatic carbocycles. The lowest BCUT2D eigenvalue weighted by Crippen LogP contribution is -2.13. The van der Waals surface area contributed by atoms with Gasteiger partial charge in [-0.1, -0.05) is 6.08 Å². The fourth-order valence-corrected chi connectivity index (χ4v) is 1.07. The van der Waals surface area contributed by atoms with Crippen molar-refractivity contribution in [1.82, 2.24) is 4.90 Å². The Morgan fingerprint density at radius 1 is 1.60 bits per heavy atom. The summed E-state index contributed by atoms with van der Waals surface area (Å²) >= 11 is 0. The lowest BCUT2D eigenvalue weighted by Gasteiger charge is -2.07. The highest BCUT2D eigenvalue weighted by Gasteiger charge is 2.24. The second kappa shape index (κ2) is 5.88. The molecule has 86 valence electrons. The van der Waals surface area contributed by atoms with Crippen LogP contribution >= 0.6 is 0 Å². The van der Waals surface area contributed by atoms with Gasteiger partial charge in [-0.3, -0.25) is 0 Å². The van der Waals surface area contributed by atoms with Crippen molar-refractivity contribution in [3.8, 4) is 0 Å². The molecule has 0 radical (unpaired) electrons. The molecule has 1 aliphatic heterocycles. The average Bonchev–Trinajstić information content (AvgIpc) is 2.96. The normalized spacial score (nSPS) is 20.5. The van der Waals surface area contributed by atoms with Crippen molar-refractivity contribution in [3.63, 3.8) is 0 Å². The molecule has 1 fully saturated rings. The van der Waals surface area contributed by atoms with Crippen LogP contribution in [0.1, 0.15) is 13.3 Å². The number of nitrogens with zero attached hydrogens (tertiary/aromatic N) is 1. The third kappa shape index (κ3) is 5.54. The molecule has 0 saturated carbocycles. The molecule has 1 saturated heterocycles. The summed E-state index contributed by atoms with van der Waals surface area (Å²) < 4.78 is 9.99. The Morgan fingerprint density at radius 2 is 2.27 bits per heavy atom. The van der Waals surface area contributed by atoms with Crippen molar-refractivity contribution in [2.24, 2.45) is 0 Å². The van der Waals surface area contributed by atoms with Crippen molar-refractivity contribution in [2.45, 2.75) is 19.4 Å². The summed E-state index contributed by atoms with van der Waals surface area (Å²) in [5.41, 5.74) is 0.678. The lowest BCUT2D eigenvalue weighted by molar-refractivity contribution is -0.139. The Labute approximate surface area is 90.8 Å². The number of ether oxygens (including phenoxy) is 2. The van der Waals surface area contributed by atoms with Gasteiger partial charge in [-0.15, -0.1) is 0 Å². The summed E-state index contributed by atoms with van der Waals surface area (Å²) in [6, 6.07) is 0. The van der Waals surface area contributed by atoms with Gasteiger partial charge < -0.3 is 14.4 Å². The van der Waals surface area contributed by atoms with Crippen LogP contribution in [0, 0.1) is 0 Å². The number of esters is 1. The maximum atomic E-state index is 11.4. The van der Waals surface area contributed by atoms with E-state index in [1.54, 1.807) is 6.92 Å². The second-order valence-corrected chi connectivity index (χ2v) is 4.03. The molecule has 1 unspecified atom stereocenters. The minimum atomic E-state index is -0.232. The molecule has 0 amide bonds. The third-order valence-corrected chi connectivity index (χ3v) is 2.15. The monoisotopic (exact) mass is 213 g/mol. The van der Waals surface area contributed by atoms with Crippen LogP contribution in [0.4, 0.5) is 0 Å². The molecule has 1 rings (SSSR count). The molecule has 0 aromatic heterocycles. The van der Waals surface area contributed by atoms with Crippen LogP contribution in [0.5, 0.6) is 0 Å². The highest BCUT2D eigenvalue weighted by molar-refractivity contribution is 5.87. The zero-order chi connectivity index (χ0) is 11.3. The molecule has 4 heteroatoms. The van der Waals surface area contributed by atoms with Gasteiger partial charge in [0, 0.05) is 12.1 Å². The van der Waals surface area contributed by atoms with E-state index >= 15 is 0 Å². The van der Waals surface area contributed by atoms with Crippen LogP contribution in [0.25, 0.3) is 0 Å². The van der Waals surface area contributed by atoms with E-state index in [2.05, 4.69) is 4.90 Å². The molecule has 4 nitrogen and oxygen atoms in total. The van der Waals surface area contributed by atoms with E-state index in [0.29, 0.717) is 12.2 Å². The van der Waals surface area contributed by atoms with E-state index in [1.165, 1.54) is 0 Å². The van der Waals surface area contributed by atoms with Crippen LogP contribution < -0.4 is 0 Å². The molecular weight excluding hydrogens is 194 g/mol. The van der Waals surface area contributed by atoms with E-state index < -0.39 is 0 Å². The first-order valence-electron chi connectivity index (χ1n) is 5.20. The van der Waals surface area contributed by atoms with Crippen LogP contribution in [0.15, 0.2) is 11.6 Å². The van der Waals surface area contributed by atoms with Gasteiger partial charge >= 0.3 is 5.97 Å². The van der Waals surface area contributed by atoms with Gasteiger partial charge in [0.2, 0.25) is 0 Å². The van der Waals surface area contributed by atoms with E-state index in [9.17, 15) is 4.79 Å². The highest BCUT2D eigenvalue weighted by atomic mass is 16.6. The number of hydrogen-bond donors (Lipinski definition) is 0. The SMILES string of the molecule is CC(=CCCN(C)C)C(=O)OCC1CO1. The minimum Gasteiger partial charge on any atom is -0.459 e. The zero-order valence-electron chi connectivity index (χ0n) is 9.66. The van der Waals surface area contributed by atoms with Crippen molar-refractivity contribution in [2.75, 3.05) is 33.9 Å². The molecule has 1 atom stereocenters. The lowest BCUT2D eigenvalue weighted by atomic mass is 10.2. The topological polar surface area (TPSA) is 42.1 Å². The summed E-state index contributed by atoms with van der Waals surface area (Å²) in [7, 11) is 4.01. The Morgan fingerprint density at radius 3 is 2.80 bits per heavy atom. The number of rotatable bonds is 6. The van der Waals surface area contributed by atoms with Crippen LogP contribution in [0.2, 0.25) is 0 Å². The van der Waals surface area contributed by atoms with Crippen LogP contribution in [0.3, 0.4) is 0 Å². The summed E-state index contributed by atoms with van der Waals surface area (Å²) in [5.74, 6) is -0.232. The average molecular weight is 213 g/mol. The minimum absolute atomic E-state index is 0.142. The van der Waals surface area contributed by atoms with Gasteiger partial charge in [0.25, 0.3) is 0 Å². The predicted octanol–water partition coefficient (Wildman–Crippen LogP) is 0.826. The van der Waals surface area contributed by atoms with Crippen molar-refractivity contribution >= 4 is 5.97 Å². The summed E-state index contributed by atoms with van der Waals surface area (Å²) in [5, 5.41) is 0. The quantitative estimate of drug-likeness (QED) is 0.372. The van der Waals surface area contributed by atoms with Crippen molar-refractivity contribution < 1.29 is 14.3 Å². The smallest absolute Gasteiger partial charge is 0.333 e. The highest BCUT2D eigenvalue weighted by Crippen LogP contribution is 2.10. The third-order valence-electron chi connectivity index (χ3n) is 2.15. The fourth-order valence-electron chi connectivity index (χ4n) is 1.07. The van der Waals surface area contributed by atoms with Crippen molar-refractivity contribution in [1.29, 1.82) is 0 Å². The Bertz CT molecular complexity index is 244. The second-order valence-electron chi connectivity index (χ2n) is 4.03. The molecule has 1 aliphatic rings. The number of carbonyl (C=O) groups excluding carboxylic acids is 1. The first kappa shape index (κ1) is 12.2. The Hall–Kier alpha value is -0.870. The molecular formula is C11H19NO3. The zero-order valence-corrected chi connectivity index (χ0v) is 9.66. The maximum absolute atomic E-state index is 11.4. The summed E-state index contributed by atoms with van der Waals surface area (Å²) in [6.45, 7) is 3.83. The Kier molecular flexibility index (Phi) is 4.78. The van der Waals surface area contributed by atoms with Crippen LogP contribution in [-0.4, -0.2) is 50.8 Å². The molecule has 15 heavy (non-hydrogen) atoms. The number of carbonyl (C=O) groups is 1. The van der Waals surface area contributed by atoms with Gasteiger partial charge in [0.1, 0.15) is 12.7 Å². The van der Waals surface area contributed by atoms with Gasteiger partial charge in [-0.2, -0.15) is 0 Å². The van der Waals surface area contributed by atoms with E-state index in [4.69, 9.17) is 9.47 Å². The van der Waals surface area contributed by atoms with E-state index in [1.807, 2.05) is 20.2 Å².